The van der Waals surface area contributed by atoms with Crippen molar-refractivity contribution in [3.8, 4) is 0 Å². The van der Waals surface area contributed by atoms with Crippen LogP contribution >= 0.6 is 0 Å². The summed E-state index contributed by atoms with van der Waals surface area (Å²) in [5.74, 6) is 0. The number of amides is 1. The van der Waals surface area contributed by atoms with Crippen LogP contribution in [0, 0.1) is 5.41 Å². The van der Waals surface area contributed by atoms with Gasteiger partial charge in [-0.05, 0) is 58.3 Å². The molecule has 23 heavy (non-hydrogen) atoms. The van der Waals surface area contributed by atoms with Crippen LogP contribution in [0.3, 0.4) is 0 Å². The summed E-state index contributed by atoms with van der Waals surface area (Å²) in [6, 6.07) is 0.543. The van der Waals surface area contributed by atoms with E-state index in [9.17, 15) is 4.79 Å². The average molecular weight is 325 g/mol. The maximum atomic E-state index is 12.2. The van der Waals surface area contributed by atoms with Crippen molar-refractivity contribution in [2.75, 3.05) is 19.6 Å². The molecule has 2 rings (SSSR count). The molecule has 1 heterocycles. The van der Waals surface area contributed by atoms with Gasteiger partial charge in [-0.2, -0.15) is 0 Å². The van der Waals surface area contributed by atoms with E-state index < -0.39 is 5.60 Å². The largest absolute Gasteiger partial charge is 0.444 e. The Labute approximate surface area is 142 Å². The number of likely N-dealkylation sites (tertiary alicyclic amines) is 1. The number of nitrogens with zero attached hydrogens (tertiary/aromatic N) is 1. The minimum Gasteiger partial charge on any atom is -0.444 e. The first kappa shape index (κ1) is 18.6. The fraction of sp³-hybridized carbons (Fsp3) is 0.947. The molecule has 2 fully saturated rings. The fourth-order valence-electron chi connectivity index (χ4n) is 3.78. The number of carbonyl (C=O) groups excluding carboxylic acids is 1. The molecule has 1 aliphatic heterocycles. The zero-order valence-electron chi connectivity index (χ0n) is 15.6. The average Bonchev–Trinajstić information content (AvgIpc) is 2.70. The number of ether oxygens (including phenoxy) is 1. The van der Waals surface area contributed by atoms with Gasteiger partial charge < -0.3 is 15.0 Å². The van der Waals surface area contributed by atoms with Crippen LogP contribution in [-0.4, -0.2) is 42.3 Å². The van der Waals surface area contributed by atoms with Gasteiger partial charge in [0.1, 0.15) is 5.60 Å². The summed E-state index contributed by atoms with van der Waals surface area (Å²) in [5.41, 5.74) is 0.0754. The van der Waals surface area contributed by atoms with Gasteiger partial charge in [0.2, 0.25) is 0 Å². The predicted octanol–water partition coefficient (Wildman–Crippen LogP) is 4.34. The highest BCUT2D eigenvalue weighted by Crippen LogP contribution is 2.35. The van der Waals surface area contributed by atoms with Crippen LogP contribution in [0.2, 0.25) is 0 Å². The van der Waals surface area contributed by atoms with Crippen molar-refractivity contribution in [2.24, 2.45) is 5.41 Å². The molecule has 2 aliphatic rings. The van der Waals surface area contributed by atoms with Crippen LogP contribution in [0.5, 0.6) is 0 Å². The summed E-state index contributed by atoms with van der Waals surface area (Å²) in [5, 5.41) is 3.80. The van der Waals surface area contributed by atoms with Gasteiger partial charge in [-0.3, -0.25) is 0 Å². The number of hydrogen-bond acceptors (Lipinski definition) is 3. The van der Waals surface area contributed by atoms with Gasteiger partial charge in [0.25, 0.3) is 0 Å². The molecule has 0 aromatic carbocycles. The standard InChI is InChI=1S/C19H36N2O2/c1-18(2,3)23-17(22)21-13-8-9-16(10-14-21)20-15-19(4)11-6-5-7-12-19/h16,20H,5-15H2,1-4H3. The Morgan fingerprint density at radius 1 is 1.13 bits per heavy atom. The fourth-order valence-corrected chi connectivity index (χ4v) is 3.78. The minimum absolute atomic E-state index is 0.155. The summed E-state index contributed by atoms with van der Waals surface area (Å²) in [6.07, 6.45) is 10.00. The molecule has 0 spiro atoms. The van der Waals surface area contributed by atoms with Crippen LogP contribution in [0.4, 0.5) is 4.79 Å². The van der Waals surface area contributed by atoms with E-state index in [1.165, 1.54) is 32.1 Å². The van der Waals surface area contributed by atoms with Crippen LogP contribution < -0.4 is 5.32 Å². The number of nitrogens with one attached hydrogen (secondary N) is 1. The van der Waals surface area contributed by atoms with Crippen LogP contribution in [0.15, 0.2) is 0 Å². The van der Waals surface area contributed by atoms with Crippen molar-refractivity contribution in [3.63, 3.8) is 0 Å². The summed E-state index contributed by atoms with van der Waals surface area (Å²) < 4.78 is 5.51. The van der Waals surface area contributed by atoms with Crippen molar-refractivity contribution in [3.05, 3.63) is 0 Å². The second kappa shape index (κ2) is 7.87. The molecule has 1 unspecified atom stereocenters. The van der Waals surface area contributed by atoms with Crippen molar-refractivity contribution in [1.29, 1.82) is 0 Å². The summed E-state index contributed by atoms with van der Waals surface area (Å²) in [6.45, 7) is 11.0. The monoisotopic (exact) mass is 324 g/mol. The highest BCUT2D eigenvalue weighted by Gasteiger charge is 2.29. The molecule has 1 saturated carbocycles. The van der Waals surface area contributed by atoms with Gasteiger partial charge in [0.05, 0.1) is 0 Å². The number of rotatable bonds is 3. The molecule has 1 N–H and O–H groups in total. The Hall–Kier alpha value is -0.770. The third-order valence-corrected chi connectivity index (χ3v) is 5.26. The molecule has 1 amide bonds. The highest BCUT2D eigenvalue weighted by atomic mass is 16.6. The second-order valence-corrected chi connectivity index (χ2v) is 8.85. The lowest BCUT2D eigenvalue weighted by Gasteiger charge is -2.35. The third kappa shape index (κ3) is 6.33. The van der Waals surface area contributed by atoms with Gasteiger partial charge in [0, 0.05) is 25.7 Å². The second-order valence-electron chi connectivity index (χ2n) is 8.85. The van der Waals surface area contributed by atoms with Crippen molar-refractivity contribution >= 4 is 6.09 Å². The molecule has 4 nitrogen and oxygen atoms in total. The first-order valence-electron chi connectivity index (χ1n) is 9.49. The Bertz CT molecular complexity index is 383. The Kier molecular flexibility index (Phi) is 6.35. The molecule has 1 saturated heterocycles. The van der Waals surface area contributed by atoms with E-state index in [0.717, 1.165) is 38.9 Å². The molecular weight excluding hydrogens is 288 g/mol. The molecule has 0 radical (unpaired) electrons. The van der Waals surface area contributed by atoms with Crippen LogP contribution in [-0.2, 0) is 4.74 Å². The van der Waals surface area contributed by atoms with Gasteiger partial charge in [-0.15, -0.1) is 0 Å². The third-order valence-electron chi connectivity index (χ3n) is 5.26. The molecule has 0 aromatic rings. The highest BCUT2D eigenvalue weighted by molar-refractivity contribution is 5.68. The Morgan fingerprint density at radius 2 is 1.83 bits per heavy atom. The first-order chi connectivity index (χ1) is 10.8. The Balaban J connectivity index is 1.76. The molecule has 1 atom stereocenters. The van der Waals surface area contributed by atoms with E-state index in [0.29, 0.717) is 11.5 Å². The lowest BCUT2D eigenvalue weighted by Crippen LogP contribution is -2.40. The lowest BCUT2D eigenvalue weighted by atomic mass is 9.75. The molecule has 0 aromatic heterocycles. The topological polar surface area (TPSA) is 41.6 Å². The summed E-state index contributed by atoms with van der Waals surface area (Å²) in [4.78, 5) is 14.1. The minimum atomic E-state index is -0.406. The molecule has 1 aliphatic carbocycles. The quantitative estimate of drug-likeness (QED) is 0.840. The zero-order valence-corrected chi connectivity index (χ0v) is 15.6. The van der Waals surface area contributed by atoms with E-state index in [4.69, 9.17) is 4.74 Å². The van der Waals surface area contributed by atoms with Gasteiger partial charge in [0.15, 0.2) is 0 Å². The van der Waals surface area contributed by atoms with E-state index in [2.05, 4.69) is 12.2 Å². The van der Waals surface area contributed by atoms with Crippen LogP contribution in [0.25, 0.3) is 0 Å². The number of hydrogen-bond donors (Lipinski definition) is 1. The van der Waals surface area contributed by atoms with Crippen molar-refractivity contribution < 1.29 is 9.53 Å². The van der Waals surface area contributed by atoms with Crippen molar-refractivity contribution in [1.82, 2.24) is 10.2 Å². The lowest BCUT2D eigenvalue weighted by molar-refractivity contribution is 0.0255. The molecule has 0 bridgehead atoms. The first-order valence-corrected chi connectivity index (χ1v) is 9.49. The maximum absolute atomic E-state index is 12.2. The van der Waals surface area contributed by atoms with Gasteiger partial charge in [-0.25, -0.2) is 4.79 Å². The maximum Gasteiger partial charge on any atom is 0.410 e. The van der Waals surface area contributed by atoms with E-state index in [-0.39, 0.29) is 6.09 Å². The zero-order chi connectivity index (χ0) is 16.9. The molecular formula is C19H36N2O2. The number of carbonyl (C=O) groups is 1. The van der Waals surface area contributed by atoms with Gasteiger partial charge >= 0.3 is 6.09 Å². The van der Waals surface area contributed by atoms with E-state index >= 15 is 0 Å². The molecule has 134 valence electrons. The van der Waals surface area contributed by atoms with E-state index in [1.807, 2.05) is 25.7 Å². The van der Waals surface area contributed by atoms with E-state index in [1.54, 1.807) is 0 Å². The van der Waals surface area contributed by atoms with Crippen molar-refractivity contribution in [2.45, 2.75) is 90.7 Å². The predicted molar refractivity (Wildman–Crippen MR) is 94.6 cm³/mol. The Morgan fingerprint density at radius 3 is 2.48 bits per heavy atom. The van der Waals surface area contributed by atoms with Crippen LogP contribution in [0.1, 0.15) is 79.1 Å². The summed E-state index contributed by atoms with van der Waals surface area (Å²) >= 11 is 0. The SMILES string of the molecule is CC1(CNC2CCCN(C(=O)OC(C)(C)C)CC2)CCCCC1. The molecule has 4 heteroatoms. The van der Waals surface area contributed by atoms with Gasteiger partial charge in [-0.1, -0.05) is 26.2 Å². The smallest absolute Gasteiger partial charge is 0.410 e. The summed E-state index contributed by atoms with van der Waals surface area (Å²) in [7, 11) is 0. The normalized spacial score (nSPS) is 25.7.